The molecule has 0 atom stereocenters. The summed E-state index contributed by atoms with van der Waals surface area (Å²) in [5.74, 6) is 1.54. The molecule has 3 rings (SSSR count). The first-order chi connectivity index (χ1) is 9.53. The van der Waals surface area contributed by atoms with E-state index in [1.807, 2.05) is 6.20 Å². The van der Waals surface area contributed by atoms with E-state index < -0.39 is 0 Å². The molecule has 21 heavy (non-hydrogen) atoms. The first kappa shape index (κ1) is 17.1. The Hall–Kier alpha value is -0.276. The van der Waals surface area contributed by atoms with Crippen LogP contribution in [0.2, 0.25) is 0 Å². The SMILES string of the molecule is CNC(=O)C1CC2(C1)CC(c1c[c-]c(C(C)C)cn1)C2.[Y]. The van der Waals surface area contributed by atoms with Crippen LogP contribution in [0.25, 0.3) is 0 Å². The number of carbonyl (C=O) groups excluding carboxylic acids is 1. The number of amides is 1. The van der Waals surface area contributed by atoms with E-state index in [2.05, 4.69) is 36.3 Å². The molecule has 1 radical (unpaired) electrons. The smallest absolute Gasteiger partial charge is 0.222 e. The zero-order chi connectivity index (χ0) is 14.3. The first-order valence-corrected chi connectivity index (χ1v) is 7.62. The minimum atomic E-state index is 0. The fourth-order valence-electron chi connectivity index (χ4n) is 3.82. The first-order valence-electron chi connectivity index (χ1n) is 7.62. The molecule has 3 nitrogen and oxygen atoms in total. The number of nitrogens with zero attached hydrogens (tertiary/aromatic N) is 1. The number of rotatable bonds is 3. The van der Waals surface area contributed by atoms with E-state index in [1.165, 1.54) is 24.1 Å². The largest absolute Gasteiger partial charge is 0.387 e. The van der Waals surface area contributed by atoms with Crippen LogP contribution < -0.4 is 5.32 Å². The molecule has 1 heterocycles. The predicted octanol–water partition coefficient (Wildman–Crippen LogP) is 3.02. The van der Waals surface area contributed by atoms with Crippen molar-refractivity contribution < 1.29 is 37.5 Å². The van der Waals surface area contributed by atoms with Gasteiger partial charge in [0.15, 0.2) is 0 Å². The molecule has 1 N–H and O–H groups in total. The molecule has 2 saturated carbocycles. The van der Waals surface area contributed by atoms with Crippen molar-refractivity contribution >= 4 is 5.91 Å². The Morgan fingerprint density at radius 3 is 2.52 bits per heavy atom. The molecule has 0 saturated heterocycles. The molecule has 111 valence electrons. The standard InChI is InChI=1S/C17H23N2O.Y/c1-11(2)12-4-5-15(19-10-12)13-6-17(7-13)8-14(9-17)16(20)18-3;/h5,10-11,13-14H,6-9H2,1-3H3,(H,18,20);/q-1;. The Bertz CT molecular complexity index is 498. The van der Waals surface area contributed by atoms with Crippen molar-refractivity contribution in [1.29, 1.82) is 0 Å². The second kappa shape index (κ2) is 6.46. The van der Waals surface area contributed by atoms with Crippen molar-refractivity contribution in [3.05, 3.63) is 29.6 Å². The number of hydrogen-bond donors (Lipinski definition) is 1. The summed E-state index contributed by atoms with van der Waals surface area (Å²) in [4.78, 5) is 16.2. The molecule has 1 aromatic rings. The van der Waals surface area contributed by atoms with Crippen molar-refractivity contribution in [3.63, 3.8) is 0 Å². The number of nitrogens with one attached hydrogen (secondary N) is 1. The summed E-state index contributed by atoms with van der Waals surface area (Å²) >= 11 is 0. The quantitative estimate of drug-likeness (QED) is 0.842. The molecule has 1 spiro atoms. The Labute approximate surface area is 152 Å². The summed E-state index contributed by atoms with van der Waals surface area (Å²) in [6.07, 6.45) is 6.50. The van der Waals surface area contributed by atoms with E-state index in [4.69, 9.17) is 0 Å². The summed E-state index contributed by atoms with van der Waals surface area (Å²) in [6.45, 7) is 4.33. The number of hydrogen-bond acceptors (Lipinski definition) is 2. The molecule has 0 unspecified atom stereocenters. The molecular weight excluding hydrogens is 337 g/mol. The molecular formula is C17H23N2OY-. The average molecular weight is 360 g/mol. The fraction of sp³-hybridized carbons (Fsp3) is 0.647. The van der Waals surface area contributed by atoms with Crippen LogP contribution in [0.3, 0.4) is 0 Å². The van der Waals surface area contributed by atoms with Gasteiger partial charge < -0.3 is 10.3 Å². The van der Waals surface area contributed by atoms with Gasteiger partial charge in [0.25, 0.3) is 0 Å². The van der Waals surface area contributed by atoms with Gasteiger partial charge in [0, 0.05) is 45.7 Å². The molecule has 0 aliphatic heterocycles. The van der Waals surface area contributed by atoms with Gasteiger partial charge in [-0.15, -0.1) is 5.56 Å². The maximum atomic E-state index is 11.5. The minimum absolute atomic E-state index is 0. The summed E-state index contributed by atoms with van der Waals surface area (Å²) in [7, 11) is 1.73. The van der Waals surface area contributed by atoms with Gasteiger partial charge in [0.1, 0.15) is 0 Å². The van der Waals surface area contributed by atoms with Crippen LogP contribution in [0.1, 0.15) is 62.6 Å². The van der Waals surface area contributed by atoms with Gasteiger partial charge in [-0.3, -0.25) is 4.79 Å². The van der Waals surface area contributed by atoms with Crippen molar-refractivity contribution in [3.8, 4) is 0 Å². The summed E-state index contributed by atoms with van der Waals surface area (Å²) in [5, 5.41) is 2.76. The number of carbonyl (C=O) groups is 1. The molecule has 1 aromatic heterocycles. The van der Waals surface area contributed by atoms with E-state index in [9.17, 15) is 4.79 Å². The van der Waals surface area contributed by atoms with Gasteiger partial charge in [-0.2, -0.15) is 12.1 Å². The molecule has 0 aromatic carbocycles. The maximum Gasteiger partial charge on any atom is 0.222 e. The average Bonchev–Trinajstić information content (AvgIpc) is 2.35. The molecule has 0 bridgehead atoms. The van der Waals surface area contributed by atoms with Crippen molar-refractivity contribution in [2.45, 2.75) is 51.4 Å². The van der Waals surface area contributed by atoms with E-state index in [-0.39, 0.29) is 44.5 Å². The summed E-state index contributed by atoms with van der Waals surface area (Å²) < 4.78 is 0. The third-order valence-corrected chi connectivity index (χ3v) is 5.11. The van der Waals surface area contributed by atoms with Crippen molar-refractivity contribution in [2.75, 3.05) is 7.05 Å². The van der Waals surface area contributed by atoms with E-state index in [1.54, 1.807) is 7.05 Å². The van der Waals surface area contributed by atoms with Gasteiger partial charge >= 0.3 is 0 Å². The zero-order valence-corrected chi connectivity index (χ0v) is 16.0. The minimum Gasteiger partial charge on any atom is -0.387 e. The van der Waals surface area contributed by atoms with E-state index in [0.29, 0.717) is 17.3 Å². The monoisotopic (exact) mass is 360 g/mol. The molecule has 2 aliphatic rings. The fourth-order valence-corrected chi connectivity index (χ4v) is 3.82. The van der Waals surface area contributed by atoms with Crippen LogP contribution >= 0.6 is 0 Å². The number of pyridine rings is 1. The van der Waals surface area contributed by atoms with Crippen LogP contribution in [0, 0.1) is 17.4 Å². The third-order valence-electron chi connectivity index (χ3n) is 5.11. The normalized spacial score (nSPS) is 30.3. The van der Waals surface area contributed by atoms with Crippen LogP contribution in [-0.4, -0.2) is 17.9 Å². The summed E-state index contributed by atoms with van der Waals surface area (Å²) in [5.41, 5.74) is 2.81. The van der Waals surface area contributed by atoms with Gasteiger partial charge in [-0.25, -0.2) is 0 Å². The molecule has 2 aliphatic carbocycles. The van der Waals surface area contributed by atoms with Crippen molar-refractivity contribution in [1.82, 2.24) is 10.3 Å². The molecule has 4 heteroatoms. The Balaban J connectivity index is 0.00000161. The van der Waals surface area contributed by atoms with Crippen molar-refractivity contribution in [2.24, 2.45) is 11.3 Å². The van der Waals surface area contributed by atoms with Gasteiger partial charge in [-0.05, 0) is 42.9 Å². The summed E-state index contributed by atoms with van der Waals surface area (Å²) in [6, 6.07) is 5.43. The second-order valence-electron chi connectivity index (χ2n) is 6.91. The van der Waals surface area contributed by atoms with Gasteiger partial charge in [-0.1, -0.05) is 25.7 Å². The zero-order valence-electron chi connectivity index (χ0n) is 13.1. The topological polar surface area (TPSA) is 42.0 Å². The van der Waals surface area contributed by atoms with E-state index in [0.717, 1.165) is 12.8 Å². The van der Waals surface area contributed by atoms with Crippen LogP contribution in [-0.2, 0) is 37.5 Å². The predicted molar refractivity (Wildman–Crippen MR) is 78.4 cm³/mol. The Morgan fingerprint density at radius 1 is 1.38 bits per heavy atom. The third kappa shape index (κ3) is 3.24. The second-order valence-corrected chi connectivity index (χ2v) is 6.91. The molecule has 2 fully saturated rings. The van der Waals surface area contributed by atoms with Crippen LogP contribution in [0.4, 0.5) is 0 Å². The molecule has 1 amide bonds. The Kier molecular flexibility index (Phi) is 5.25. The van der Waals surface area contributed by atoms with Crippen LogP contribution in [0.15, 0.2) is 12.3 Å². The van der Waals surface area contributed by atoms with Gasteiger partial charge in [0.2, 0.25) is 5.91 Å². The Morgan fingerprint density at radius 2 is 2.05 bits per heavy atom. The van der Waals surface area contributed by atoms with Crippen LogP contribution in [0.5, 0.6) is 0 Å². The van der Waals surface area contributed by atoms with Gasteiger partial charge in [0.05, 0.1) is 0 Å². The maximum absolute atomic E-state index is 11.5. The van der Waals surface area contributed by atoms with E-state index >= 15 is 0 Å². The number of aromatic nitrogens is 1.